The Morgan fingerprint density at radius 2 is 1.90 bits per heavy atom. The van der Waals surface area contributed by atoms with E-state index in [4.69, 9.17) is 0 Å². The number of hydrogen-bond acceptors (Lipinski definition) is 5. The predicted molar refractivity (Wildman–Crippen MR) is 85.4 cm³/mol. The average Bonchev–Trinajstić information content (AvgIpc) is 3.01. The molecule has 0 aliphatic carbocycles. The van der Waals surface area contributed by atoms with Gasteiger partial charge < -0.3 is 10.2 Å². The van der Waals surface area contributed by atoms with Crippen LogP contribution in [0.1, 0.15) is 10.9 Å². The molecule has 1 N–H and O–H groups in total. The molecule has 0 radical (unpaired) electrons. The molecule has 3 rings (SSSR count). The van der Waals surface area contributed by atoms with Gasteiger partial charge in [-0.05, 0) is 18.5 Å². The third-order valence-corrected chi connectivity index (χ3v) is 5.46. The molecule has 1 atom stereocenters. The van der Waals surface area contributed by atoms with Crippen LogP contribution in [0.25, 0.3) is 0 Å². The Morgan fingerprint density at radius 1 is 1.15 bits per heavy atom. The molecule has 0 bridgehead atoms. The van der Waals surface area contributed by atoms with E-state index in [0.717, 1.165) is 13.1 Å². The van der Waals surface area contributed by atoms with Gasteiger partial charge in [0.05, 0.1) is 6.04 Å². The van der Waals surface area contributed by atoms with E-state index in [1.807, 2.05) is 11.3 Å². The lowest BCUT2D eigenvalue weighted by Crippen LogP contribution is -2.51. The molecule has 1 aromatic heterocycles. The summed E-state index contributed by atoms with van der Waals surface area (Å²) in [7, 11) is 2.23. The van der Waals surface area contributed by atoms with E-state index in [0.29, 0.717) is 6.04 Å². The zero-order chi connectivity index (χ0) is 13.8. The molecular formula is C15H26N4S. The zero-order valence-corrected chi connectivity index (χ0v) is 13.2. The summed E-state index contributed by atoms with van der Waals surface area (Å²) in [6, 6.07) is 5.09. The van der Waals surface area contributed by atoms with Crippen LogP contribution in [-0.4, -0.2) is 80.7 Å². The molecule has 0 amide bonds. The van der Waals surface area contributed by atoms with Gasteiger partial charge in [0.1, 0.15) is 0 Å². The van der Waals surface area contributed by atoms with Gasteiger partial charge in [0.25, 0.3) is 0 Å². The van der Waals surface area contributed by atoms with Crippen molar-refractivity contribution in [3.63, 3.8) is 0 Å². The number of nitrogens with zero attached hydrogens (tertiary/aromatic N) is 3. The second-order valence-corrected chi connectivity index (χ2v) is 6.90. The van der Waals surface area contributed by atoms with Gasteiger partial charge in [-0.3, -0.25) is 9.80 Å². The van der Waals surface area contributed by atoms with E-state index < -0.39 is 0 Å². The predicted octanol–water partition coefficient (Wildman–Crippen LogP) is 0.942. The highest BCUT2D eigenvalue weighted by molar-refractivity contribution is 7.10. The fourth-order valence-corrected chi connectivity index (χ4v) is 3.99. The summed E-state index contributed by atoms with van der Waals surface area (Å²) in [4.78, 5) is 9.28. The summed E-state index contributed by atoms with van der Waals surface area (Å²) >= 11 is 1.91. The van der Waals surface area contributed by atoms with Gasteiger partial charge in [0, 0.05) is 63.8 Å². The molecule has 0 spiro atoms. The van der Waals surface area contributed by atoms with Crippen molar-refractivity contribution in [2.45, 2.75) is 6.04 Å². The summed E-state index contributed by atoms with van der Waals surface area (Å²) in [5, 5.41) is 5.68. The Labute approximate surface area is 126 Å². The Kier molecular flexibility index (Phi) is 5.07. The highest BCUT2D eigenvalue weighted by atomic mass is 32.1. The zero-order valence-electron chi connectivity index (χ0n) is 12.4. The maximum Gasteiger partial charge on any atom is 0.0569 e. The van der Waals surface area contributed by atoms with Crippen LogP contribution in [0.5, 0.6) is 0 Å². The van der Waals surface area contributed by atoms with Crippen molar-refractivity contribution in [2.24, 2.45) is 0 Å². The SMILES string of the molecule is CN1CCN(CC(c2cccs2)N2CCNCC2)CC1. The number of thiophene rings is 1. The van der Waals surface area contributed by atoms with Crippen LogP contribution in [0, 0.1) is 0 Å². The first kappa shape index (κ1) is 14.5. The Hall–Kier alpha value is -0.460. The molecule has 2 aliphatic rings. The summed E-state index contributed by atoms with van der Waals surface area (Å²) in [5.41, 5.74) is 0. The van der Waals surface area contributed by atoms with Crippen molar-refractivity contribution in [2.75, 3.05) is 66.0 Å². The van der Waals surface area contributed by atoms with Crippen LogP contribution in [0.3, 0.4) is 0 Å². The lowest BCUT2D eigenvalue weighted by Gasteiger charge is -2.39. The number of piperazine rings is 2. The van der Waals surface area contributed by atoms with E-state index in [9.17, 15) is 0 Å². The largest absolute Gasteiger partial charge is 0.314 e. The fraction of sp³-hybridized carbons (Fsp3) is 0.733. The third-order valence-electron chi connectivity index (χ3n) is 4.49. The maximum atomic E-state index is 3.47. The molecule has 5 heteroatoms. The topological polar surface area (TPSA) is 21.8 Å². The van der Waals surface area contributed by atoms with E-state index in [1.54, 1.807) is 0 Å². The number of rotatable bonds is 4. The fourth-order valence-electron chi connectivity index (χ4n) is 3.14. The van der Waals surface area contributed by atoms with Crippen molar-refractivity contribution in [3.8, 4) is 0 Å². The Bertz CT molecular complexity index is 381. The van der Waals surface area contributed by atoms with Crippen molar-refractivity contribution < 1.29 is 0 Å². The highest BCUT2D eigenvalue weighted by Gasteiger charge is 2.26. The van der Waals surface area contributed by atoms with Crippen LogP contribution in [-0.2, 0) is 0 Å². The minimum absolute atomic E-state index is 0.584. The molecule has 1 aromatic rings. The van der Waals surface area contributed by atoms with Crippen molar-refractivity contribution in [1.29, 1.82) is 0 Å². The first-order valence-electron chi connectivity index (χ1n) is 7.72. The second-order valence-electron chi connectivity index (χ2n) is 5.92. The Morgan fingerprint density at radius 3 is 2.55 bits per heavy atom. The summed E-state index contributed by atoms with van der Waals surface area (Å²) < 4.78 is 0. The van der Waals surface area contributed by atoms with E-state index in [1.165, 1.54) is 50.7 Å². The van der Waals surface area contributed by atoms with Gasteiger partial charge in [-0.2, -0.15) is 0 Å². The van der Waals surface area contributed by atoms with Gasteiger partial charge in [-0.25, -0.2) is 0 Å². The molecule has 0 saturated carbocycles. The smallest absolute Gasteiger partial charge is 0.0569 e. The van der Waals surface area contributed by atoms with Crippen molar-refractivity contribution in [1.82, 2.24) is 20.0 Å². The number of nitrogens with one attached hydrogen (secondary N) is 1. The molecule has 2 aliphatic heterocycles. The molecule has 1 unspecified atom stereocenters. The molecule has 20 heavy (non-hydrogen) atoms. The first-order chi connectivity index (χ1) is 9.83. The van der Waals surface area contributed by atoms with Crippen molar-refractivity contribution >= 4 is 11.3 Å². The van der Waals surface area contributed by atoms with Gasteiger partial charge in [0.15, 0.2) is 0 Å². The van der Waals surface area contributed by atoms with E-state index >= 15 is 0 Å². The van der Waals surface area contributed by atoms with Gasteiger partial charge in [0.2, 0.25) is 0 Å². The number of likely N-dealkylation sites (N-methyl/N-ethyl adjacent to an activating group) is 1. The first-order valence-corrected chi connectivity index (χ1v) is 8.60. The van der Waals surface area contributed by atoms with Crippen molar-refractivity contribution in [3.05, 3.63) is 22.4 Å². The number of hydrogen-bond donors (Lipinski definition) is 1. The van der Waals surface area contributed by atoms with Crippen LogP contribution in [0.2, 0.25) is 0 Å². The molecule has 2 fully saturated rings. The monoisotopic (exact) mass is 294 g/mol. The van der Waals surface area contributed by atoms with E-state index in [-0.39, 0.29) is 0 Å². The molecule has 3 heterocycles. The molecule has 0 aromatic carbocycles. The van der Waals surface area contributed by atoms with Crippen LogP contribution >= 0.6 is 11.3 Å². The van der Waals surface area contributed by atoms with Gasteiger partial charge in [-0.1, -0.05) is 6.07 Å². The molecule has 112 valence electrons. The summed E-state index contributed by atoms with van der Waals surface area (Å²) in [6.07, 6.45) is 0. The molecular weight excluding hydrogens is 268 g/mol. The quantitative estimate of drug-likeness (QED) is 0.892. The second kappa shape index (κ2) is 7.00. The highest BCUT2D eigenvalue weighted by Crippen LogP contribution is 2.26. The summed E-state index contributed by atoms with van der Waals surface area (Å²) in [5.74, 6) is 0. The minimum Gasteiger partial charge on any atom is -0.314 e. The lowest BCUT2D eigenvalue weighted by atomic mass is 10.1. The third kappa shape index (κ3) is 3.59. The van der Waals surface area contributed by atoms with Crippen LogP contribution < -0.4 is 5.32 Å². The standard InChI is InChI=1S/C15H26N4S/c1-17-8-10-18(11-9-17)13-14(15-3-2-12-20-15)19-6-4-16-5-7-19/h2-3,12,14,16H,4-11,13H2,1H3. The molecule has 4 nitrogen and oxygen atoms in total. The average molecular weight is 294 g/mol. The van der Waals surface area contributed by atoms with Crippen LogP contribution in [0.4, 0.5) is 0 Å². The maximum absolute atomic E-state index is 3.47. The van der Waals surface area contributed by atoms with Gasteiger partial charge >= 0.3 is 0 Å². The normalized spacial score (nSPS) is 24.9. The Balaban J connectivity index is 1.65. The van der Waals surface area contributed by atoms with Crippen LogP contribution in [0.15, 0.2) is 17.5 Å². The molecule has 2 saturated heterocycles. The lowest BCUT2D eigenvalue weighted by molar-refractivity contribution is 0.0937. The van der Waals surface area contributed by atoms with E-state index in [2.05, 4.69) is 44.6 Å². The summed E-state index contributed by atoms with van der Waals surface area (Å²) in [6.45, 7) is 10.6. The van der Waals surface area contributed by atoms with Gasteiger partial charge in [-0.15, -0.1) is 11.3 Å². The minimum atomic E-state index is 0.584.